The minimum absolute atomic E-state index is 0.524. The van der Waals surface area contributed by atoms with Crippen molar-refractivity contribution in [3.8, 4) is 36.0 Å². The number of terminal acetylenes is 1. The van der Waals surface area contributed by atoms with Gasteiger partial charge in [-0.05, 0) is 17.9 Å². The first kappa shape index (κ1) is 7.42. The van der Waals surface area contributed by atoms with Crippen LogP contribution in [0.2, 0.25) is 0 Å². The quantitative estimate of drug-likeness (QED) is 0.415. The molecule has 0 fully saturated rings. The van der Waals surface area contributed by atoms with Crippen molar-refractivity contribution in [2.75, 3.05) is 0 Å². The Bertz CT molecular complexity index is 229. The monoisotopic (exact) mass is 114 g/mol. The van der Waals surface area contributed by atoms with Gasteiger partial charge in [-0.3, -0.25) is 0 Å². The second-order valence-electron chi connectivity index (χ2n) is 1.15. The highest BCUT2D eigenvalue weighted by atomic mass is 13.6. The van der Waals surface area contributed by atoms with Crippen LogP contribution in [0.5, 0.6) is 0 Å². The topological polar surface area (TPSA) is 0 Å². The Morgan fingerprint density at radius 3 is 2.78 bits per heavy atom. The van der Waals surface area contributed by atoms with Gasteiger partial charge in [-0.1, -0.05) is 24.3 Å². The fraction of sp³-hybridized carbons (Fsp3) is 0.111. The predicted octanol–water partition coefficient (Wildman–Crippen LogP) is 1.20. The Kier molecular flexibility index (Phi) is 5.29. The molecule has 0 aromatic carbocycles. The van der Waals surface area contributed by atoms with E-state index in [9.17, 15) is 0 Å². The third kappa shape index (κ3) is 6.42. The second kappa shape index (κ2) is 6.42. The SMILES string of the molecule is C#CC#CCC#CC=C. The lowest BCUT2D eigenvalue weighted by Gasteiger charge is -1.64. The van der Waals surface area contributed by atoms with Crippen LogP contribution in [0.3, 0.4) is 0 Å². The van der Waals surface area contributed by atoms with E-state index in [0.717, 1.165) is 0 Å². The standard InChI is InChI=1S/C9H6/c1-3-5-7-9-8-6-4-2/h1,4H,2,9H2. The van der Waals surface area contributed by atoms with E-state index in [1.54, 1.807) is 0 Å². The van der Waals surface area contributed by atoms with Gasteiger partial charge in [-0.25, -0.2) is 0 Å². The van der Waals surface area contributed by atoms with Gasteiger partial charge in [-0.2, -0.15) is 0 Å². The van der Waals surface area contributed by atoms with Crippen molar-refractivity contribution in [1.82, 2.24) is 0 Å². The molecule has 0 spiro atoms. The summed E-state index contributed by atoms with van der Waals surface area (Å²) in [6.45, 7) is 3.42. The fourth-order valence-electron chi connectivity index (χ4n) is 0.263. The maximum absolute atomic E-state index is 4.85. The normalized spacial score (nSPS) is 4.78. The molecule has 0 amide bonds. The molecule has 0 unspecified atom stereocenters. The molecule has 0 aliphatic rings. The van der Waals surface area contributed by atoms with E-state index in [0.29, 0.717) is 6.42 Å². The highest BCUT2D eigenvalue weighted by Gasteiger charge is 1.60. The third-order valence-corrected chi connectivity index (χ3v) is 0.541. The summed E-state index contributed by atoms with van der Waals surface area (Å²) >= 11 is 0. The molecule has 9 heavy (non-hydrogen) atoms. The summed E-state index contributed by atoms with van der Waals surface area (Å²) in [5.41, 5.74) is 0. The first-order valence-corrected chi connectivity index (χ1v) is 2.44. The zero-order valence-electron chi connectivity index (χ0n) is 5.07. The fourth-order valence-corrected chi connectivity index (χ4v) is 0.263. The Morgan fingerprint density at radius 2 is 2.22 bits per heavy atom. The predicted molar refractivity (Wildman–Crippen MR) is 39.2 cm³/mol. The zero-order chi connectivity index (χ0) is 6.95. The smallest absolute Gasteiger partial charge is 0.0716 e. The number of rotatable bonds is 0. The Labute approximate surface area is 56.0 Å². The molecule has 0 aliphatic heterocycles. The van der Waals surface area contributed by atoms with E-state index in [4.69, 9.17) is 6.42 Å². The first-order valence-electron chi connectivity index (χ1n) is 2.44. The summed E-state index contributed by atoms with van der Waals surface area (Å²) in [6, 6.07) is 0. The molecule has 0 saturated carbocycles. The van der Waals surface area contributed by atoms with E-state index in [1.165, 1.54) is 6.08 Å². The van der Waals surface area contributed by atoms with Crippen molar-refractivity contribution < 1.29 is 0 Å². The molecule has 0 aromatic rings. The summed E-state index contributed by atoms with van der Waals surface area (Å²) < 4.78 is 0. The molecule has 0 bridgehead atoms. The van der Waals surface area contributed by atoms with Gasteiger partial charge in [0.05, 0.1) is 6.42 Å². The van der Waals surface area contributed by atoms with Crippen LogP contribution in [-0.4, -0.2) is 0 Å². The van der Waals surface area contributed by atoms with Gasteiger partial charge in [0.1, 0.15) is 0 Å². The van der Waals surface area contributed by atoms with Gasteiger partial charge < -0.3 is 0 Å². The van der Waals surface area contributed by atoms with Crippen LogP contribution < -0.4 is 0 Å². The van der Waals surface area contributed by atoms with Crippen molar-refractivity contribution in [3.63, 3.8) is 0 Å². The van der Waals surface area contributed by atoms with E-state index < -0.39 is 0 Å². The number of hydrogen-bond donors (Lipinski definition) is 0. The van der Waals surface area contributed by atoms with Gasteiger partial charge in [0.25, 0.3) is 0 Å². The maximum atomic E-state index is 4.85. The summed E-state index contributed by atoms with van der Waals surface area (Å²) in [7, 11) is 0. The molecule has 0 N–H and O–H groups in total. The van der Waals surface area contributed by atoms with Crippen molar-refractivity contribution in [1.29, 1.82) is 0 Å². The molecular formula is C9H6. The van der Waals surface area contributed by atoms with Crippen LogP contribution in [0.4, 0.5) is 0 Å². The lowest BCUT2D eigenvalue weighted by Crippen LogP contribution is -1.56. The summed E-state index contributed by atoms with van der Waals surface area (Å²) in [5, 5.41) is 0. The lowest BCUT2D eigenvalue weighted by atomic mass is 10.4. The lowest BCUT2D eigenvalue weighted by molar-refractivity contribution is 1.57. The molecule has 0 heteroatoms. The Hall–Kier alpha value is -1.58. The van der Waals surface area contributed by atoms with Crippen molar-refractivity contribution in [3.05, 3.63) is 12.7 Å². The highest BCUT2D eigenvalue weighted by molar-refractivity contribution is 5.25. The van der Waals surface area contributed by atoms with E-state index in [2.05, 4.69) is 36.2 Å². The van der Waals surface area contributed by atoms with Crippen molar-refractivity contribution in [2.45, 2.75) is 6.42 Å². The van der Waals surface area contributed by atoms with E-state index >= 15 is 0 Å². The molecule has 0 radical (unpaired) electrons. The van der Waals surface area contributed by atoms with E-state index in [-0.39, 0.29) is 0 Å². The molecule has 0 aliphatic carbocycles. The maximum Gasteiger partial charge on any atom is 0.0716 e. The molecular weight excluding hydrogens is 108 g/mol. The van der Waals surface area contributed by atoms with Crippen LogP contribution in [0, 0.1) is 36.0 Å². The van der Waals surface area contributed by atoms with Gasteiger partial charge in [0.15, 0.2) is 0 Å². The first-order chi connectivity index (χ1) is 4.41. The molecule has 0 heterocycles. The van der Waals surface area contributed by atoms with Crippen LogP contribution >= 0.6 is 0 Å². The average Bonchev–Trinajstić information content (AvgIpc) is 1.89. The zero-order valence-corrected chi connectivity index (χ0v) is 5.07. The van der Waals surface area contributed by atoms with Gasteiger partial charge in [0, 0.05) is 0 Å². The molecule has 0 saturated heterocycles. The second-order valence-corrected chi connectivity index (χ2v) is 1.15. The van der Waals surface area contributed by atoms with Gasteiger partial charge >= 0.3 is 0 Å². The van der Waals surface area contributed by atoms with Crippen molar-refractivity contribution in [2.24, 2.45) is 0 Å². The van der Waals surface area contributed by atoms with Crippen LogP contribution in [0.25, 0.3) is 0 Å². The number of allylic oxidation sites excluding steroid dienone is 1. The minimum atomic E-state index is 0.524. The minimum Gasteiger partial charge on any atom is -0.106 e. The average molecular weight is 114 g/mol. The van der Waals surface area contributed by atoms with Crippen LogP contribution in [0.15, 0.2) is 12.7 Å². The number of hydrogen-bond acceptors (Lipinski definition) is 0. The summed E-state index contributed by atoms with van der Waals surface area (Å²) in [6.07, 6.45) is 6.90. The Morgan fingerprint density at radius 1 is 1.44 bits per heavy atom. The molecule has 0 atom stereocenters. The largest absolute Gasteiger partial charge is 0.106 e. The van der Waals surface area contributed by atoms with Crippen LogP contribution in [0.1, 0.15) is 6.42 Å². The van der Waals surface area contributed by atoms with Crippen LogP contribution in [-0.2, 0) is 0 Å². The summed E-state index contributed by atoms with van der Waals surface area (Å²) in [5.74, 6) is 12.7. The Balaban J connectivity index is 3.55. The third-order valence-electron chi connectivity index (χ3n) is 0.541. The molecule has 0 rings (SSSR count). The summed E-state index contributed by atoms with van der Waals surface area (Å²) in [4.78, 5) is 0. The highest BCUT2D eigenvalue weighted by Crippen LogP contribution is 1.68. The molecule has 42 valence electrons. The molecule has 0 aromatic heterocycles. The molecule has 0 nitrogen and oxygen atoms in total. The van der Waals surface area contributed by atoms with Gasteiger partial charge in [-0.15, -0.1) is 6.42 Å². The van der Waals surface area contributed by atoms with E-state index in [1.807, 2.05) is 0 Å². The van der Waals surface area contributed by atoms with Crippen molar-refractivity contribution >= 4 is 0 Å². The van der Waals surface area contributed by atoms with Gasteiger partial charge in [0.2, 0.25) is 0 Å².